The monoisotopic (exact) mass is 398 g/mol. The number of benzene rings is 3. The minimum Gasteiger partial charge on any atom is -0.289 e. The molecule has 1 aromatic heterocycles. The van der Waals surface area contributed by atoms with E-state index in [1.165, 1.54) is 5.56 Å². The average Bonchev–Trinajstić information content (AvgIpc) is 3.18. The minimum absolute atomic E-state index is 0.0796. The van der Waals surface area contributed by atoms with Gasteiger partial charge in [0.2, 0.25) is 0 Å². The molecule has 0 saturated carbocycles. The fraction of sp³-hybridized carbons (Fsp3) is 0.0400. The first-order valence-electron chi connectivity index (χ1n) is 9.30. The van der Waals surface area contributed by atoms with Crippen molar-refractivity contribution >= 4 is 23.5 Å². The molecule has 0 N–H and O–H groups in total. The first-order chi connectivity index (χ1) is 14.1. The first kappa shape index (κ1) is 18.9. The highest BCUT2D eigenvalue weighted by molar-refractivity contribution is 6.30. The Morgan fingerprint density at radius 3 is 2.31 bits per heavy atom. The molecule has 0 aliphatic rings. The van der Waals surface area contributed by atoms with Crippen molar-refractivity contribution in [3.8, 4) is 16.9 Å². The summed E-state index contributed by atoms with van der Waals surface area (Å²) in [5, 5.41) is 5.39. The molecule has 3 nitrogen and oxygen atoms in total. The average molecular weight is 399 g/mol. The van der Waals surface area contributed by atoms with E-state index in [1.54, 1.807) is 30.3 Å². The maximum atomic E-state index is 12.5. The second-order valence-corrected chi connectivity index (χ2v) is 7.22. The molecule has 0 atom stereocenters. The maximum Gasteiger partial charge on any atom is 0.185 e. The number of nitrogens with zero attached hydrogens (tertiary/aromatic N) is 2. The summed E-state index contributed by atoms with van der Waals surface area (Å²) in [4.78, 5) is 12.5. The Balaban J connectivity index is 1.72. The van der Waals surface area contributed by atoms with Gasteiger partial charge in [-0.25, -0.2) is 4.68 Å². The van der Waals surface area contributed by atoms with Crippen LogP contribution in [0, 0.1) is 6.92 Å². The van der Waals surface area contributed by atoms with Gasteiger partial charge >= 0.3 is 0 Å². The number of halogens is 1. The molecule has 3 aromatic carbocycles. The SMILES string of the molecule is Cc1ccc(-c2nn(-c3ccccc3)cc2/C=C/C(=O)c2ccc(Cl)cc2)cc1. The molecule has 4 aromatic rings. The number of carbonyl (C=O) groups is 1. The fourth-order valence-electron chi connectivity index (χ4n) is 3.03. The topological polar surface area (TPSA) is 34.9 Å². The van der Waals surface area contributed by atoms with Crippen molar-refractivity contribution in [3.63, 3.8) is 0 Å². The van der Waals surface area contributed by atoms with Crippen LogP contribution in [0.2, 0.25) is 5.02 Å². The fourth-order valence-corrected chi connectivity index (χ4v) is 3.16. The Hall–Kier alpha value is -3.43. The van der Waals surface area contributed by atoms with Crippen LogP contribution >= 0.6 is 11.6 Å². The molecule has 0 saturated heterocycles. The number of aryl methyl sites for hydroxylation is 1. The molecule has 0 aliphatic heterocycles. The molecular formula is C25H19ClN2O. The van der Waals surface area contributed by atoms with Crippen molar-refractivity contribution in [2.75, 3.05) is 0 Å². The molecule has 0 fully saturated rings. The summed E-state index contributed by atoms with van der Waals surface area (Å²) in [6.07, 6.45) is 5.34. The molecule has 142 valence electrons. The Kier molecular flexibility index (Phi) is 5.41. The van der Waals surface area contributed by atoms with Gasteiger partial charge in [0.25, 0.3) is 0 Å². The Bertz CT molecular complexity index is 1160. The summed E-state index contributed by atoms with van der Waals surface area (Å²) < 4.78 is 1.83. The molecule has 4 rings (SSSR count). The van der Waals surface area contributed by atoms with E-state index in [0.717, 1.165) is 22.5 Å². The highest BCUT2D eigenvalue weighted by Gasteiger charge is 2.11. The number of para-hydroxylation sites is 1. The van der Waals surface area contributed by atoms with Crippen molar-refractivity contribution in [2.45, 2.75) is 6.92 Å². The molecular weight excluding hydrogens is 380 g/mol. The molecule has 4 heteroatoms. The van der Waals surface area contributed by atoms with E-state index < -0.39 is 0 Å². The van der Waals surface area contributed by atoms with E-state index in [0.29, 0.717) is 10.6 Å². The van der Waals surface area contributed by atoms with E-state index in [9.17, 15) is 4.79 Å². The van der Waals surface area contributed by atoms with Crippen molar-refractivity contribution in [3.05, 3.63) is 113 Å². The predicted molar refractivity (Wildman–Crippen MR) is 119 cm³/mol. The molecule has 1 heterocycles. The predicted octanol–water partition coefficient (Wildman–Crippen LogP) is 6.40. The summed E-state index contributed by atoms with van der Waals surface area (Å²) in [7, 11) is 0. The van der Waals surface area contributed by atoms with E-state index in [-0.39, 0.29) is 5.78 Å². The molecule has 0 aliphatic carbocycles. The molecule has 0 unspecified atom stereocenters. The zero-order valence-corrected chi connectivity index (χ0v) is 16.7. The van der Waals surface area contributed by atoms with E-state index in [2.05, 4.69) is 19.1 Å². The van der Waals surface area contributed by atoms with Crippen LogP contribution in [0.1, 0.15) is 21.5 Å². The van der Waals surface area contributed by atoms with Gasteiger partial charge in [-0.15, -0.1) is 0 Å². The summed E-state index contributed by atoms with van der Waals surface area (Å²) in [6.45, 7) is 2.05. The van der Waals surface area contributed by atoms with Crippen LogP contribution in [0.15, 0.2) is 91.1 Å². The van der Waals surface area contributed by atoms with Crippen molar-refractivity contribution < 1.29 is 4.79 Å². The Morgan fingerprint density at radius 1 is 0.931 bits per heavy atom. The molecule has 0 radical (unpaired) electrons. The number of hydrogen-bond donors (Lipinski definition) is 0. The lowest BCUT2D eigenvalue weighted by atomic mass is 10.0. The Labute approximate surface area is 174 Å². The highest BCUT2D eigenvalue weighted by atomic mass is 35.5. The second-order valence-electron chi connectivity index (χ2n) is 6.78. The third-order valence-corrected chi connectivity index (χ3v) is 4.88. The zero-order valence-electron chi connectivity index (χ0n) is 15.9. The number of carbonyl (C=O) groups excluding carboxylic acids is 1. The number of ketones is 1. The summed E-state index contributed by atoms with van der Waals surface area (Å²) in [6, 6.07) is 25.0. The van der Waals surface area contributed by atoms with Gasteiger partial charge in [0.05, 0.1) is 11.4 Å². The van der Waals surface area contributed by atoms with Crippen LogP contribution in [0.3, 0.4) is 0 Å². The van der Waals surface area contributed by atoms with Crippen LogP contribution < -0.4 is 0 Å². The summed E-state index contributed by atoms with van der Waals surface area (Å²) >= 11 is 5.91. The lowest BCUT2D eigenvalue weighted by Crippen LogP contribution is -1.93. The summed E-state index contributed by atoms with van der Waals surface area (Å²) in [5.41, 5.74) is 5.45. The third kappa shape index (κ3) is 4.36. The standard InChI is InChI=1S/C25H19ClN2O/c1-18-7-9-20(10-8-18)25-21(17-28(27-25)23-5-3-2-4-6-23)13-16-24(29)19-11-14-22(26)15-12-19/h2-17H,1H3/b16-13+. The van der Waals surface area contributed by atoms with E-state index in [1.807, 2.05) is 59.4 Å². The summed E-state index contributed by atoms with van der Waals surface area (Å²) in [5.74, 6) is -0.0796. The largest absolute Gasteiger partial charge is 0.289 e. The van der Waals surface area contributed by atoms with Gasteiger partial charge in [0.1, 0.15) is 0 Å². The number of aromatic nitrogens is 2. The van der Waals surface area contributed by atoms with Gasteiger partial charge in [0, 0.05) is 27.9 Å². The number of hydrogen-bond acceptors (Lipinski definition) is 2. The van der Waals surface area contributed by atoms with Gasteiger partial charge in [-0.1, -0.05) is 59.6 Å². The number of rotatable bonds is 5. The van der Waals surface area contributed by atoms with Gasteiger partial charge in [-0.3, -0.25) is 4.79 Å². The van der Waals surface area contributed by atoms with Crippen molar-refractivity contribution in [2.24, 2.45) is 0 Å². The molecule has 0 spiro atoms. The Morgan fingerprint density at radius 2 is 1.62 bits per heavy atom. The van der Waals surface area contributed by atoms with Crippen LogP contribution in [0.4, 0.5) is 0 Å². The van der Waals surface area contributed by atoms with Crippen LogP contribution in [0.25, 0.3) is 23.0 Å². The normalized spacial score (nSPS) is 11.1. The van der Waals surface area contributed by atoms with Crippen LogP contribution in [-0.2, 0) is 0 Å². The first-order valence-corrected chi connectivity index (χ1v) is 9.68. The highest BCUT2D eigenvalue weighted by Crippen LogP contribution is 2.25. The molecule has 0 bridgehead atoms. The maximum absolute atomic E-state index is 12.5. The zero-order chi connectivity index (χ0) is 20.2. The smallest absolute Gasteiger partial charge is 0.185 e. The second kappa shape index (κ2) is 8.29. The lowest BCUT2D eigenvalue weighted by Gasteiger charge is -2.01. The van der Waals surface area contributed by atoms with Crippen molar-refractivity contribution in [1.29, 1.82) is 0 Å². The van der Waals surface area contributed by atoms with Gasteiger partial charge in [-0.2, -0.15) is 5.10 Å². The quantitative estimate of drug-likeness (QED) is 0.288. The van der Waals surface area contributed by atoms with Gasteiger partial charge in [0.15, 0.2) is 5.78 Å². The van der Waals surface area contributed by atoms with Gasteiger partial charge in [-0.05, 0) is 55.5 Å². The lowest BCUT2D eigenvalue weighted by molar-refractivity contribution is 0.104. The van der Waals surface area contributed by atoms with Crippen LogP contribution in [-0.4, -0.2) is 15.6 Å². The van der Waals surface area contributed by atoms with Gasteiger partial charge < -0.3 is 0 Å². The molecule has 29 heavy (non-hydrogen) atoms. The minimum atomic E-state index is -0.0796. The van der Waals surface area contributed by atoms with E-state index in [4.69, 9.17) is 16.7 Å². The van der Waals surface area contributed by atoms with Crippen LogP contribution in [0.5, 0.6) is 0 Å². The van der Waals surface area contributed by atoms with Crippen molar-refractivity contribution in [1.82, 2.24) is 9.78 Å². The van der Waals surface area contributed by atoms with E-state index >= 15 is 0 Å². The number of allylic oxidation sites excluding steroid dienone is 1. The molecule has 0 amide bonds. The third-order valence-electron chi connectivity index (χ3n) is 4.63.